The number of carbonyl (C=O) groups excluding carboxylic acids is 2. The van der Waals surface area contributed by atoms with Gasteiger partial charge in [-0.2, -0.15) is 0 Å². The molecule has 0 spiro atoms. The Kier molecular flexibility index (Phi) is 12.7. The number of carbonyl (C=O) groups is 2. The number of aliphatic hydroxyl groups excluding tert-OH is 2. The smallest absolute Gasteiger partial charge is 0.227 e. The van der Waals surface area contributed by atoms with Crippen molar-refractivity contribution < 1.29 is 19.8 Å². The minimum atomic E-state index is -0.740. The van der Waals surface area contributed by atoms with Crippen LogP contribution in [0.1, 0.15) is 33.1 Å². The highest BCUT2D eigenvalue weighted by molar-refractivity contribution is 6.03. The Bertz CT molecular complexity index is 753. The number of hydrogen-bond acceptors (Lipinski definition) is 4. The van der Waals surface area contributed by atoms with Gasteiger partial charge < -0.3 is 15.5 Å². The van der Waals surface area contributed by atoms with Crippen LogP contribution < -0.4 is 5.32 Å². The maximum atomic E-state index is 11.9. The van der Waals surface area contributed by atoms with E-state index in [4.69, 9.17) is 0 Å². The lowest BCUT2D eigenvalue weighted by atomic mass is 10.1. The molecule has 1 aliphatic heterocycles. The Morgan fingerprint density at radius 2 is 1.67 bits per heavy atom. The summed E-state index contributed by atoms with van der Waals surface area (Å²) in [6.07, 6.45) is 22.1. The second kappa shape index (κ2) is 15.1. The Labute approximate surface area is 179 Å². The molecule has 3 atom stereocenters. The first-order chi connectivity index (χ1) is 14.4. The van der Waals surface area contributed by atoms with Gasteiger partial charge in [0.05, 0.1) is 18.6 Å². The van der Waals surface area contributed by atoms with Gasteiger partial charge in [0, 0.05) is 13.0 Å². The molecule has 0 saturated carbocycles. The molecule has 1 heterocycles. The zero-order valence-corrected chi connectivity index (χ0v) is 17.8. The van der Waals surface area contributed by atoms with E-state index < -0.39 is 12.2 Å². The first kappa shape index (κ1) is 25.3. The SMILES string of the molecule is CC1=C\C=C/C=C/[C@H](C)CNC(=O)CC(=O)/C=C/C=C/C[C@H](O)C[C@H](O)\C=C\C=C\1. The second-order valence-corrected chi connectivity index (χ2v) is 7.33. The number of ketones is 1. The molecule has 0 aliphatic carbocycles. The normalized spacial score (nSPS) is 33.7. The summed E-state index contributed by atoms with van der Waals surface area (Å²) in [5.41, 5.74) is 1.05. The molecule has 5 heteroatoms. The molecule has 30 heavy (non-hydrogen) atoms. The minimum Gasteiger partial charge on any atom is -0.393 e. The summed E-state index contributed by atoms with van der Waals surface area (Å²) in [4.78, 5) is 23.7. The third kappa shape index (κ3) is 13.4. The molecule has 0 unspecified atom stereocenters. The summed E-state index contributed by atoms with van der Waals surface area (Å²) in [6, 6.07) is 0. The molecule has 1 rings (SSSR count). The van der Waals surface area contributed by atoms with Crippen LogP contribution in [0.4, 0.5) is 0 Å². The van der Waals surface area contributed by atoms with E-state index in [-0.39, 0.29) is 30.4 Å². The summed E-state index contributed by atoms with van der Waals surface area (Å²) in [5, 5.41) is 22.7. The number of rotatable bonds is 0. The molecule has 0 aromatic rings. The summed E-state index contributed by atoms with van der Waals surface area (Å²) in [5.74, 6) is -0.443. The van der Waals surface area contributed by atoms with Gasteiger partial charge in [0.1, 0.15) is 0 Å². The predicted molar refractivity (Wildman–Crippen MR) is 122 cm³/mol. The lowest BCUT2D eigenvalue weighted by Gasteiger charge is -2.10. The van der Waals surface area contributed by atoms with Gasteiger partial charge in [0.15, 0.2) is 5.78 Å². The number of allylic oxidation sites excluding steroid dienone is 11. The van der Waals surface area contributed by atoms with E-state index in [9.17, 15) is 19.8 Å². The van der Waals surface area contributed by atoms with Crippen LogP contribution in [0.5, 0.6) is 0 Å². The zero-order chi connectivity index (χ0) is 22.2. The lowest BCUT2D eigenvalue weighted by Crippen LogP contribution is -2.29. The van der Waals surface area contributed by atoms with Crippen LogP contribution in [0.3, 0.4) is 0 Å². The molecule has 0 saturated heterocycles. The fraction of sp³-hybridized carbons (Fsp3) is 0.360. The number of nitrogens with one attached hydrogen (secondary N) is 1. The van der Waals surface area contributed by atoms with Gasteiger partial charge in [0.25, 0.3) is 0 Å². The number of hydrogen-bond donors (Lipinski definition) is 3. The molecule has 0 aromatic heterocycles. The predicted octanol–water partition coefficient (Wildman–Crippen LogP) is 3.50. The lowest BCUT2D eigenvalue weighted by molar-refractivity contribution is -0.126. The molecule has 1 amide bonds. The molecule has 0 bridgehead atoms. The van der Waals surface area contributed by atoms with Crippen LogP contribution in [-0.2, 0) is 9.59 Å². The van der Waals surface area contributed by atoms with Crippen LogP contribution in [0, 0.1) is 5.92 Å². The van der Waals surface area contributed by atoms with Gasteiger partial charge in [-0.25, -0.2) is 0 Å². The van der Waals surface area contributed by atoms with Gasteiger partial charge >= 0.3 is 0 Å². The van der Waals surface area contributed by atoms with Crippen molar-refractivity contribution >= 4 is 11.7 Å². The van der Waals surface area contributed by atoms with Crippen LogP contribution in [0.25, 0.3) is 0 Å². The first-order valence-electron chi connectivity index (χ1n) is 10.2. The van der Waals surface area contributed by atoms with E-state index in [0.717, 1.165) is 5.57 Å². The molecule has 0 radical (unpaired) electrons. The van der Waals surface area contributed by atoms with Crippen molar-refractivity contribution in [1.29, 1.82) is 0 Å². The maximum Gasteiger partial charge on any atom is 0.227 e. The third-order valence-electron chi connectivity index (χ3n) is 4.23. The molecular formula is C25H33NO4. The van der Waals surface area contributed by atoms with Gasteiger partial charge in [-0.1, -0.05) is 85.4 Å². The Morgan fingerprint density at radius 1 is 0.933 bits per heavy atom. The van der Waals surface area contributed by atoms with Crippen molar-refractivity contribution in [1.82, 2.24) is 5.32 Å². The van der Waals surface area contributed by atoms with Gasteiger partial charge in [-0.3, -0.25) is 9.59 Å². The largest absolute Gasteiger partial charge is 0.393 e. The Hall–Kier alpha value is -2.76. The average Bonchev–Trinajstić information content (AvgIpc) is 2.68. The van der Waals surface area contributed by atoms with Crippen molar-refractivity contribution in [2.45, 2.75) is 45.3 Å². The van der Waals surface area contributed by atoms with Gasteiger partial charge in [-0.15, -0.1) is 0 Å². The van der Waals surface area contributed by atoms with Crippen LogP contribution in [0.15, 0.2) is 84.6 Å². The fourth-order valence-corrected chi connectivity index (χ4v) is 2.53. The highest BCUT2D eigenvalue weighted by atomic mass is 16.3. The number of amides is 1. The van der Waals surface area contributed by atoms with Crippen molar-refractivity contribution in [3.8, 4) is 0 Å². The number of aliphatic hydroxyl groups is 2. The van der Waals surface area contributed by atoms with Crippen molar-refractivity contribution in [2.24, 2.45) is 5.92 Å². The van der Waals surface area contributed by atoms with E-state index >= 15 is 0 Å². The van der Waals surface area contributed by atoms with Crippen molar-refractivity contribution in [3.05, 3.63) is 84.6 Å². The van der Waals surface area contributed by atoms with Crippen molar-refractivity contribution in [3.63, 3.8) is 0 Å². The van der Waals surface area contributed by atoms with E-state index in [1.54, 1.807) is 30.4 Å². The highest BCUT2D eigenvalue weighted by Gasteiger charge is 2.08. The van der Waals surface area contributed by atoms with E-state index in [1.807, 2.05) is 56.4 Å². The molecule has 3 N–H and O–H groups in total. The Balaban J connectivity index is 2.80. The topological polar surface area (TPSA) is 86.6 Å². The third-order valence-corrected chi connectivity index (χ3v) is 4.23. The highest BCUT2D eigenvalue weighted by Crippen LogP contribution is 2.06. The van der Waals surface area contributed by atoms with Crippen molar-refractivity contribution in [2.75, 3.05) is 6.54 Å². The zero-order valence-electron chi connectivity index (χ0n) is 17.8. The molecule has 0 aromatic carbocycles. The molecule has 1 aliphatic rings. The molecule has 5 nitrogen and oxygen atoms in total. The summed E-state index contributed by atoms with van der Waals surface area (Å²) in [6.45, 7) is 4.43. The van der Waals surface area contributed by atoms with E-state index in [2.05, 4.69) is 5.32 Å². The monoisotopic (exact) mass is 411 g/mol. The van der Waals surface area contributed by atoms with Crippen LogP contribution in [0.2, 0.25) is 0 Å². The second-order valence-electron chi connectivity index (χ2n) is 7.33. The molecular weight excluding hydrogens is 378 g/mol. The molecule has 0 fully saturated rings. The first-order valence-corrected chi connectivity index (χ1v) is 10.2. The summed E-state index contributed by atoms with van der Waals surface area (Å²) < 4.78 is 0. The summed E-state index contributed by atoms with van der Waals surface area (Å²) >= 11 is 0. The standard InChI is InChI=1S/C25H33NO4/c1-20-11-5-3-6-13-21(2)19-26-25(30)18-24(29)15-8-4-7-14-22(27)17-23(28)16-10-9-12-20/h3-13,15-16,21-23,27-28H,14,17-19H2,1-2H3,(H,26,30)/b5-3-,7-4+,12-9+,13-6+,15-8+,16-10+,20-11+/t21-,22-,23+/m0/s1. The van der Waals surface area contributed by atoms with E-state index in [0.29, 0.717) is 13.0 Å². The van der Waals surface area contributed by atoms with Crippen LogP contribution in [-0.4, -0.2) is 40.7 Å². The maximum absolute atomic E-state index is 11.9. The van der Waals surface area contributed by atoms with E-state index in [1.165, 1.54) is 6.08 Å². The fourth-order valence-electron chi connectivity index (χ4n) is 2.53. The van der Waals surface area contributed by atoms with Gasteiger partial charge in [-0.05, 0) is 25.3 Å². The Morgan fingerprint density at radius 3 is 2.47 bits per heavy atom. The summed E-state index contributed by atoms with van der Waals surface area (Å²) in [7, 11) is 0. The molecule has 162 valence electrons. The average molecular weight is 412 g/mol. The van der Waals surface area contributed by atoms with Gasteiger partial charge in [0.2, 0.25) is 5.91 Å². The van der Waals surface area contributed by atoms with Crippen LogP contribution >= 0.6 is 0 Å². The quantitative estimate of drug-likeness (QED) is 0.533. The minimum absolute atomic E-state index is 0.144.